The average molecular weight is 248 g/mol. The molecule has 0 spiro atoms. The van der Waals surface area contributed by atoms with Crippen LogP contribution in [-0.4, -0.2) is 27.2 Å². The van der Waals surface area contributed by atoms with E-state index in [2.05, 4.69) is 15.3 Å². The lowest BCUT2D eigenvalue weighted by atomic mass is 9.92. The highest BCUT2D eigenvalue weighted by Gasteiger charge is 2.28. The number of hydrogen-bond acceptors (Lipinski definition) is 5. The predicted octanol–water partition coefficient (Wildman–Crippen LogP) is 1.65. The number of nitrogens with two attached hydrogens (primary N) is 1. The van der Waals surface area contributed by atoms with Gasteiger partial charge in [-0.25, -0.2) is 9.97 Å². The SMILES string of the molecule is Nc1cc(NC2CCCCC2O)nc(C2CC2)n1. The van der Waals surface area contributed by atoms with Crippen molar-refractivity contribution >= 4 is 11.6 Å². The third-order valence-electron chi connectivity index (χ3n) is 3.77. The fraction of sp³-hybridized carbons (Fsp3) is 0.692. The lowest BCUT2D eigenvalue weighted by molar-refractivity contribution is 0.116. The monoisotopic (exact) mass is 248 g/mol. The van der Waals surface area contributed by atoms with Gasteiger partial charge in [-0.2, -0.15) is 0 Å². The van der Waals surface area contributed by atoms with E-state index < -0.39 is 0 Å². The summed E-state index contributed by atoms with van der Waals surface area (Å²) >= 11 is 0. The second kappa shape index (κ2) is 4.72. The molecule has 2 unspecified atom stereocenters. The molecule has 3 rings (SSSR count). The van der Waals surface area contributed by atoms with Crippen molar-refractivity contribution in [1.29, 1.82) is 0 Å². The number of nitrogens with zero attached hydrogens (tertiary/aromatic N) is 2. The zero-order chi connectivity index (χ0) is 12.5. The summed E-state index contributed by atoms with van der Waals surface area (Å²) in [5, 5.41) is 13.3. The normalized spacial score (nSPS) is 28.1. The van der Waals surface area contributed by atoms with Gasteiger partial charge in [0, 0.05) is 12.0 Å². The van der Waals surface area contributed by atoms with Crippen molar-refractivity contribution < 1.29 is 5.11 Å². The van der Waals surface area contributed by atoms with Crippen LogP contribution in [0.2, 0.25) is 0 Å². The van der Waals surface area contributed by atoms with Gasteiger partial charge in [0.2, 0.25) is 0 Å². The van der Waals surface area contributed by atoms with Crippen LogP contribution in [-0.2, 0) is 0 Å². The maximum Gasteiger partial charge on any atom is 0.136 e. The van der Waals surface area contributed by atoms with Gasteiger partial charge in [0.1, 0.15) is 17.5 Å². The Kier molecular flexibility index (Phi) is 3.07. The Morgan fingerprint density at radius 3 is 2.67 bits per heavy atom. The molecule has 0 bridgehead atoms. The molecule has 2 aliphatic carbocycles. The minimum atomic E-state index is -0.278. The number of aromatic nitrogens is 2. The van der Waals surface area contributed by atoms with Gasteiger partial charge in [-0.05, 0) is 25.7 Å². The molecule has 98 valence electrons. The number of hydrogen-bond donors (Lipinski definition) is 3. The summed E-state index contributed by atoms with van der Waals surface area (Å²) in [6.45, 7) is 0. The van der Waals surface area contributed by atoms with E-state index >= 15 is 0 Å². The fourth-order valence-electron chi connectivity index (χ4n) is 2.55. The molecule has 1 aromatic rings. The number of nitrogens with one attached hydrogen (secondary N) is 1. The van der Waals surface area contributed by atoms with Gasteiger partial charge in [-0.15, -0.1) is 0 Å². The van der Waals surface area contributed by atoms with Crippen molar-refractivity contribution in [1.82, 2.24) is 9.97 Å². The van der Waals surface area contributed by atoms with Crippen molar-refractivity contribution in [2.75, 3.05) is 11.1 Å². The van der Waals surface area contributed by atoms with E-state index in [4.69, 9.17) is 5.73 Å². The van der Waals surface area contributed by atoms with Crippen LogP contribution >= 0.6 is 0 Å². The van der Waals surface area contributed by atoms with E-state index in [9.17, 15) is 5.11 Å². The van der Waals surface area contributed by atoms with Crippen LogP contribution in [0.5, 0.6) is 0 Å². The summed E-state index contributed by atoms with van der Waals surface area (Å²) in [7, 11) is 0. The first-order valence-electron chi connectivity index (χ1n) is 6.81. The zero-order valence-corrected chi connectivity index (χ0v) is 10.5. The minimum Gasteiger partial charge on any atom is -0.391 e. The number of aliphatic hydroxyl groups excluding tert-OH is 1. The Labute approximate surface area is 107 Å². The quantitative estimate of drug-likeness (QED) is 0.757. The molecule has 4 N–H and O–H groups in total. The second-order valence-corrected chi connectivity index (χ2v) is 5.41. The van der Waals surface area contributed by atoms with Gasteiger partial charge in [-0.1, -0.05) is 12.8 Å². The summed E-state index contributed by atoms with van der Waals surface area (Å²) in [4.78, 5) is 8.78. The lowest BCUT2D eigenvalue weighted by Gasteiger charge is -2.28. The third-order valence-corrected chi connectivity index (χ3v) is 3.77. The van der Waals surface area contributed by atoms with Crippen LogP contribution in [0, 0.1) is 0 Å². The summed E-state index contributed by atoms with van der Waals surface area (Å²) in [6.07, 6.45) is 6.17. The Morgan fingerprint density at radius 1 is 1.17 bits per heavy atom. The first-order chi connectivity index (χ1) is 8.72. The highest BCUT2D eigenvalue weighted by Crippen LogP contribution is 2.38. The standard InChI is InChI=1S/C13H20N4O/c14-11-7-12(17-13(16-11)8-5-6-8)15-9-3-1-2-4-10(9)18/h7-10,18H,1-6H2,(H3,14,15,16,17). The molecule has 0 amide bonds. The zero-order valence-electron chi connectivity index (χ0n) is 10.5. The topological polar surface area (TPSA) is 84.1 Å². The Morgan fingerprint density at radius 2 is 1.94 bits per heavy atom. The summed E-state index contributed by atoms with van der Waals surface area (Å²) in [6, 6.07) is 1.85. The van der Waals surface area contributed by atoms with E-state index in [-0.39, 0.29) is 12.1 Å². The number of rotatable bonds is 3. The van der Waals surface area contributed by atoms with E-state index in [0.717, 1.165) is 50.2 Å². The number of nitrogen functional groups attached to an aromatic ring is 1. The van der Waals surface area contributed by atoms with Gasteiger partial charge in [0.15, 0.2) is 0 Å². The van der Waals surface area contributed by atoms with Gasteiger partial charge >= 0.3 is 0 Å². The van der Waals surface area contributed by atoms with Crippen molar-refractivity contribution in [2.24, 2.45) is 0 Å². The average Bonchev–Trinajstić information content (AvgIpc) is 3.15. The van der Waals surface area contributed by atoms with E-state index in [1.807, 2.05) is 0 Å². The highest BCUT2D eigenvalue weighted by molar-refractivity contribution is 5.46. The molecular formula is C13H20N4O. The number of aliphatic hydroxyl groups is 1. The van der Waals surface area contributed by atoms with Gasteiger partial charge in [-0.3, -0.25) is 0 Å². The molecular weight excluding hydrogens is 228 g/mol. The lowest BCUT2D eigenvalue weighted by Crippen LogP contribution is -2.36. The Hall–Kier alpha value is -1.36. The maximum absolute atomic E-state index is 9.95. The van der Waals surface area contributed by atoms with Crippen LogP contribution in [0.4, 0.5) is 11.6 Å². The first kappa shape index (κ1) is 11.7. The van der Waals surface area contributed by atoms with Crippen molar-refractivity contribution in [2.45, 2.75) is 56.6 Å². The molecule has 0 radical (unpaired) electrons. The Balaban J connectivity index is 1.74. The van der Waals surface area contributed by atoms with Crippen molar-refractivity contribution in [3.8, 4) is 0 Å². The van der Waals surface area contributed by atoms with E-state index in [0.29, 0.717) is 11.7 Å². The van der Waals surface area contributed by atoms with Gasteiger partial charge < -0.3 is 16.2 Å². The smallest absolute Gasteiger partial charge is 0.136 e. The fourth-order valence-corrected chi connectivity index (χ4v) is 2.55. The highest BCUT2D eigenvalue weighted by atomic mass is 16.3. The molecule has 2 atom stereocenters. The van der Waals surface area contributed by atoms with Gasteiger partial charge in [0.25, 0.3) is 0 Å². The molecule has 5 heteroatoms. The molecule has 2 fully saturated rings. The molecule has 0 aliphatic heterocycles. The molecule has 1 aromatic heterocycles. The van der Waals surface area contributed by atoms with Crippen LogP contribution in [0.25, 0.3) is 0 Å². The van der Waals surface area contributed by atoms with Crippen LogP contribution in [0.1, 0.15) is 50.3 Å². The molecule has 0 saturated heterocycles. The summed E-state index contributed by atoms with van der Waals surface area (Å²) in [5.74, 6) is 2.61. The third kappa shape index (κ3) is 2.56. The molecule has 18 heavy (non-hydrogen) atoms. The molecule has 5 nitrogen and oxygen atoms in total. The van der Waals surface area contributed by atoms with Crippen molar-refractivity contribution in [3.63, 3.8) is 0 Å². The largest absolute Gasteiger partial charge is 0.391 e. The van der Waals surface area contributed by atoms with Gasteiger partial charge in [0.05, 0.1) is 12.1 Å². The second-order valence-electron chi connectivity index (χ2n) is 5.41. The predicted molar refractivity (Wildman–Crippen MR) is 70.3 cm³/mol. The van der Waals surface area contributed by atoms with E-state index in [1.54, 1.807) is 6.07 Å². The van der Waals surface area contributed by atoms with Crippen LogP contribution in [0.15, 0.2) is 6.07 Å². The Bertz CT molecular complexity index is 433. The van der Waals surface area contributed by atoms with Crippen molar-refractivity contribution in [3.05, 3.63) is 11.9 Å². The minimum absolute atomic E-state index is 0.0973. The van der Waals surface area contributed by atoms with Crippen LogP contribution in [0.3, 0.4) is 0 Å². The number of anilines is 2. The molecule has 1 heterocycles. The molecule has 0 aromatic carbocycles. The summed E-state index contributed by atoms with van der Waals surface area (Å²) in [5.41, 5.74) is 5.81. The first-order valence-corrected chi connectivity index (χ1v) is 6.81. The molecule has 2 saturated carbocycles. The maximum atomic E-state index is 9.95. The van der Waals surface area contributed by atoms with E-state index in [1.165, 1.54) is 0 Å². The molecule has 2 aliphatic rings. The van der Waals surface area contributed by atoms with Crippen LogP contribution < -0.4 is 11.1 Å². The summed E-state index contributed by atoms with van der Waals surface area (Å²) < 4.78 is 0.